The van der Waals surface area contributed by atoms with Crippen LogP contribution < -0.4 is 5.32 Å². The van der Waals surface area contributed by atoms with E-state index in [-0.39, 0.29) is 0 Å². The number of hydrogen-bond donors (Lipinski definition) is 1. The minimum absolute atomic E-state index is 0.867. The Labute approximate surface area is 143 Å². The van der Waals surface area contributed by atoms with Crippen molar-refractivity contribution in [2.75, 3.05) is 45.8 Å². The summed E-state index contributed by atoms with van der Waals surface area (Å²) in [6, 6.07) is 0.867. The van der Waals surface area contributed by atoms with Crippen LogP contribution in [0.5, 0.6) is 0 Å². The van der Waals surface area contributed by atoms with Crippen LogP contribution in [0, 0.1) is 23.7 Å². The molecule has 0 amide bonds. The topological polar surface area (TPSA) is 18.5 Å². The van der Waals surface area contributed by atoms with Crippen LogP contribution in [0.15, 0.2) is 0 Å². The molecule has 23 heavy (non-hydrogen) atoms. The number of fused-ring (bicyclic) bond motifs is 2. The lowest BCUT2D eigenvalue weighted by Crippen LogP contribution is -2.38. The average Bonchev–Trinajstić information content (AvgIpc) is 3.10. The second-order valence-corrected chi connectivity index (χ2v) is 9.18. The Balaban J connectivity index is 1.20. The molecule has 0 radical (unpaired) electrons. The average molecular weight is 320 g/mol. The highest BCUT2D eigenvalue weighted by Crippen LogP contribution is 2.37. The van der Waals surface area contributed by atoms with Crippen LogP contribution in [-0.4, -0.2) is 61.7 Å². The standard InChI is InChI=1S/C20H37N3/c1-16-4-8-23(9-5-16)14-17-3-2-7-22(10-6-17)15-19-12-20-11-18(19)13-21-20/h16-21H,2-15H2,1H3/t17-,18?,19?,20?/m0/s1. The highest BCUT2D eigenvalue weighted by Gasteiger charge is 2.39. The van der Waals surface area contributed by atoms with Crippen LogP contribution in [0.2, 0.25) is 0 Å². The van der Waals surface area contributed by atoms with Crippen molar-refractivity contribution in [2.45, 2.75) is 57.9 Å². The Morgan fingerprint density at radius 3 is 2.39 bits per heavy atom. The molecule has 4 rings (SSSR count). The van der Waals surface area contributed by atoms with Crippen molar-refractivity contribution in [1.29, 1.82) is 0 Å². The van der Waals surface area contributed by atoms with E-state index >= 15 is 0 Å². The van der Waals surface area contributed by atoms with Gasteiger partial charge >= 0.3 is 0 Å². The number of hydrogen-bond acceptors (Lipinski definition) is 3. The van der Waals surface area contributed by atoms with Gasteiger partial charge in [-0.25, -0.2) is 0 Å². The zero-order chi connectivity index (χ0) is 15.6. The smallest absolute Gasteiger partial charge is 0.00736 e. The van der Waals surface area contributed by atoms with E-state index in [1.807, 2.05) is 0 Å². The summed E-state index contributed by atoms with van der Waals surface area (Å²) in [5.41, 5.74) is 0. The normalized spacial score (nSPS) is 40.6. The minimum atomic E-state index is 0.867. The van der Waals surface area contributed by atoms with E-state index < -0.39 is 0 Å². The number of nitrogens with zero attached hydrogens (tertiary/aromatic N) is 2. The highest BCUT2D eigenvalue weighted by atomic mass is 15.1. The third-order valence-corrected chi connectivity index (χ3v) is 7.34. The first-order chi connectivity index (χ1) is 11.3. The van der Waals surface area contributed by atoms with Gasteiger partial charge in [-0.2, -0.15) is 0 Å². The van der Waals surface area contributed by atoms with E-state index in [4.69, 9.17) is 0 Å². The van der Waals surface area contributed by atoms with E-state index in [0.717, 1.165) is 29.7 Å². The van der Waals surface area contributed by atoms with Gasteiger partial charge in [-0.15, -0.1) is 0 Å². The lowest BCUT2D eigenvalue weighted by molar-refractivity contribution is 0.157. The number of nitrogens with one attached hydrogen (secondary N) is 1. The molecule has 0 aromatic heterocycles. The minimum Gasteiger partial charge on any atom is -0.314 e. The molecule has 4 aliphatic rings. The van der Waals surface area contributed by atoms with Crippen LogP contribution >= 0.6 is 0 Å². The molecule has 1 N–H and O–H groups in total. The summed E-state index contributed by atoms with van der Waals surface area (Å²) < 4.78 is 0. The van der Waals surface area contributed by atoms with Gasteiger partial charge in [-0.05, 0) is 101 Å². The number of rotatable bonds is 4. The Bertz CT molecular complexity index is 377. The molecule has 3 aliphatic heterocycles. The second kappa shape index (κ2) is 7.41. The van der Waals surface area contributed by atoms with Crippen molar-refractivity contribution >= 4 is 0 Å². The summed E-state index contributed by atoms with van der Waals surface area (Å²) in [6.45, 7) is 12.0. The first kappa shape index (κ1) is 16.4. The van der Waals surface area contributed by atoms with E-state index in [9.17, 15) is 0 Å². The molecule has 2 bridgehead atoms. The molecule has 4 atom stereocenters. The zero-order valence-electron chi connectivity index (χ0n) is 15.2. The number of piperidine rings is 2. The van der Waals surface area contributed by atoms with Gasteiger partial charge in [0.1, 0.15) is 0 Å². The molecule has 4 fully saturated rings. The molecule has 1 saturated carbocycles. The summed E-state index contributed by atoms with van der Waals surface area (Å²) >= 11 is 0. The van der Waals surface area contributed by atoms with Gasteiger partial charge in [-0.1, -0.05) is 6.92 Å². The Morgan fingerprint density at radius 2 is 1.65 bits per heavy atom. The molecule has 1 aliphatic carbocycles. The molecular weight excluding hydrogens is 282 g/mol. The lowest BCUT2D eigenvalue weighted by Gasteiger charge is -2.33. The molecule has 0 aromatic rings. The van der Waals surface area contributed by atoms with Gasteiger partial charge in [0.05, 0.1) is 0 Å². The van der Waals surface area contributed by atoms with Crippen LogP contribution in [0.1, 0.15) is 51.9 Å². The van der Waals surface area contributed by atoms with Crippen molar-refractivity contribution in [3.63, 3.8) is 0 Å². The van der Waals surface area contributed by atoms with E-state index in [2.05, 4.69) is 22.0 Å². The molecule has 3 nitrogen and oxygen atoms in total. The Hall–Kier alpha value is -0.120. The predicted molar refractivity (Wildman–Crippen MR) is 96.6 cm³/mol. The monoisotopic (exact) mass is 319 g/mol. The molecule has 3 unspecified atom stereocenters. The fourth-order valence-electron chi connectivity index (χ4n) is 5.70. The van der Waals surface area contributed by atoms with Crippen LogP contribution in [0.3, 0.4) is 0 Å². The zero-order valence-corrected chi connectivity index (χ0v) is 15.2. The van der Waals surface area contributed by atoms with Crippen molar-refractivity contribution < 1.29 is 0 Å². The van der Waals surface area contributed by atoms with E-state index in [1.54, 1.807) is 0 Å². The first-order valence-electron chi connectivity index (χ1n) is 10.4. The molecule has 0 spiro atoms. The van der Waals surface area contributed by atoms with Crippen LogP contribution in [0.4, 0.5) is 0 Å². The summed E-state index contributed by atoms with van der Waals surface area (Å²) in [7, 11) is 0. The fourth-order valence-corrected chi connectivity index (χ4v) is 5.70. The maximum atomic E-state index is 3.67. The van der Waals surface area contributed by atoms with Crippen molar-refractivity contribution in [3.05, 3.63) is 0 Å². The van der Waals surface area contributed by atoms with Gasteiger partial charge in [-0.3, -0.25) is 0 Å². The molecular formula is C20H37N3. The van der Waals surface area contributed by atoms with Crippen LogP contribution in [0.25, 0.3) is 0 Å². The molecule has 0 aromatic carbocycles. The molecule has 132 valence electrons. The maximum absolute atomic E-state index is 3.67. The Morgan fingerprint density at radius 1 is 0.870 bits per heavy atom. The summed E-state index contributed by atoms with van der Waals surface area (Å²) in [5.74, 6) is 3.93. The van der Waals surface area contributed by atoms with E-state index in [1.165, 1.54) is 90.8 Å². The quantitative estimate of drug-likeness (QED) is 0.859. The lowest BCUT2D eigenvalue weighted by atomic mass is 9.94. The Kier molecular flexibility index (Phi) is 5.27. The maximum Gasteiger partial charge on any atom is 0.00736 e. The summed E-state index contributed by atoms with van der Waals surface area (Å²) in [4.78, 5) is 5.59. The third kappa shape index (κ3) is 4.11. The van der Waals surface area contributed by atoms with Crippen LogP contribution in [-0.2, 0) is 0 Å². The van der Waals surface area contributed by atoms with Crippen molar-refractivity contribution in [1.82, 2.24) is 15.1 Å². The van der Waals surface area contributed by atoms with Gasteiger partial charge < -0.3 is 15.1 Å². The SMILES string of the molecule is CC1CCN(C[C@H]2CCCN(CC3CC4CC3CN4)CC2)CC1. The van der Waals surface area contributed by atoms with E-state index in [0.29, 0.717) is 0 Å². The second-order valence-electron chi connectivity index (χ2n) is 9.18. The first-order valence-corrected chi connectivity index (χ1v) is 10.4. The molecule has 3 heterocycles. The number of likely N-dealkylation sites (tertiary alicyclic amines) is 2. The van der Waals surface area contributed by atoms with Gasteiger partial charge in [0.15, 0.2) is 0 Å². The largest absolute Gasteiger partial charge is 0.314 e. The summed E-state index contributed by atoms with van der Waals surface area (Å²) in [6.07, 6.45) is 10.1. The molecule has 3 heteroatoms. The predicted octanol–water partition coefficient (Wildman–Crippen LogP) is 2.82. The van der Waals surface area contributed by atoms with Crippen molar-refractivity contribution in [3.8, 4) is 0 Å². The third-order valence-electron chi connectivity index (χ3n) is 7.34. The van der Waals surface area contributed by atoms with Gasteiger partial charge in [0.25, 0.3) is 0 Å². The summed E-state index contributed by atoms with van der Waals surface area (Å²) in [5, 5.41) is 3.67. The fraction of sp³-hybridized carbons (Fsp3) is 1.00. The van der Waals surface area contributed by atoms with Gasteiger partial charge in [0.2, 0.25) is 0 Å². The van der Waals surface area contributed by atoms with Crippen molar-refractivity contribution in [2.24, 2.45) is 23.7 Å². The highest BCUT2D eigenvalue weighted by molar-refractivity contribution is 4.96. The van der Waals surface area contributed by atoms with Gasteiger partial charge in [0, 0.05) is 19.1 Å². The molecule has 3 saturated heterocycles.